The lowest BCUT2D eigenvalue weighted by molar-refractivity contribution is -0.139. The van der Waals surface area contributed by atoms with E-state index in [1.54, 1.807) is 11.3 Å². The van der Waals surface area contributed by atoms with Crippen LogP contribution in [0.5, 0.6) is 0 Å². The van der Waals surface area contributed by atoms with Crippen molar-refractivity contribution < 1.29 is 9.53 Å². The Kier molecular flexibility index (Phi) is 4.08. The van der Waals surface area contributed by atoms with Crippen molar-refractivity contribution in [3.05, 3.63) is 15.6 Å². The molecule has 4 nitrogen and oxygen atoms in total. The second-order valence-electron chi connectivity index (χ2n) is 5.79. The highest BCUT2D eigenvalue weighted by Crippen LogP contribution is 2.38. The molecular weight excluding hydrogens is 272 g/mol. The fraction of sp³-hybridized carbons (Fsp3) is 0.733. The van der Waals surface area contributed by atoms with Crippen molar-refractivity contribution in [1.82, 2.24) is 9.88 Å². The first-order valence-corrected chi connectivity index (χ1v) is 8.29. The van der Waals surface area contributed by atoms with E-state index in [-0.39, 0.29) is 17.9 Å². The molecule has 0 aromatic carbocycles. The molecule has 1 aliphatic carbocycles. The Morgan fingerprint density at radius 2 is 2.10 bits per heavy atom. The number of carbonyl (C=O) groups excluding carboxylic acids is 1. The number of rotatable bonds is 2. The van der Waals surface area contributed by atoms with Crippen LogP contribution in [0.4, 0.5) is 0 Å². The molecule has 1 fully saturated rings. The fourth-order valence-electron chi connectivity index (χ4n) is 3.28. The minimum absolute atomic E-state index is 0.146. The summed E-state index contributed by atoms with van der Waals surface area (Å²) < 4.78 is 5.36. The van der Waals surface area contributed by atoms with Gasteiger partial charge in [-0.15, -0.1) is 11.3 Å². The van der Waals surface area contributed by atoms with E-state index in [4.69, 9.17) is 4.74 Å². The summed E-state index contributed by atoms with van der Waals surface area (Å²) in [6, 6.07) is 0.236. The molecule has 0 saturated carbocycles. The van der Waals surface area contributed by atoms with Gasteiger partial charge in [0.05, 0.1) is 21.6 Å². The zero-order valence-electron chi connectivity index (χ0n) is 12.2. The van der Waals surface area contributed by atoms with Crippen LogP contribution in [0.15, 0.2) is 0 Å². The van der Waals surface area contributed by atoms with Gasteiger partial charge in [-0.2, -0.15) is 0 Å². The van der Waals surface area contributed by atoms with Crippen LogP contribution in [0.1, 0.15) is 47.3 Å². The molecule has 2 aliphatic rings. The molecule has 1 atom stereocenters. The van der Waals surface area contributed by atoms with Gasteiger partial charge in [-0.1, -0.05) is 0 Å². The van der Waals surface area contributed by atoms with Crippen molar-refractivity contribution in [2.24, 2.45) is 5.92 Å². The monoisotopic (exact) mass is 294 g/mol. The molecule has 110 valence electrons. The summed E-state index contributed by atoms with van der Waals surface area (Å²) in [4.78, 5) is 20.6. The van der Waals surface area contributed by atoms with Crippen LogP contribution < -0.4 is 0 Å². The Balaban J connectivity index is 1.77. The van der Waals surface area contributed by atoms with E-state index in [1.165, 1.54) is 10.6 Å². The average Bonchev–Trinajstić information content (AvgIpc) is 2.86. The van der Waals surface area contributed by atoms with Crippen molar-refractivity contribution in [2.45, 2.75) is 45.1 Å². The third kappa shape index (κ3) is 2.61. The molecule has 1 amide bonds. The van der Waals surface area contributed by atoms with Gasteiger partial charge in [0.1, 0.15) is 0 Å². The Morgan fingerprint density at radius 3 is 2.85 bits per heavy atom. The molecule has 5 heteroatoms. The topological polar surface area (TPSA) is 42.4 Å². The van der Waals surface area contributed by atoms with Gasteiger partial charge in [-0.05, 0) is 39.0 Å². The van der Waals surface area contributed by atoms with Gasteiger partial charge in [-0.25, -0.2) is 4.98 Å². The minimum Gasteiger partial charge on any atom is -0.381 e. The first kappa shape index (κ1) is 14.0. The van der Waals surface area contributed by atoms with Gasteiger partial charge in [0.15, 0.2) is 0 Å². The number of hydrogen-bond donors (Lipinski definition) is 0. The van der Waals surface area contributed by atoms with Gasteiger partial charge >= 0.3 is 0 Å². The summed E-state index contributed by atoms with van der Waals surface area (Å²) in [5.41, 5.74) is 1.22. The zero-order chi connectivity index (χ0) is 14.1. The lowest BCUT2D eigenvalue weighted by atomic mass is 9.94. The molecule has 1 saturated heterocycles. The third-order valence-electron chi connectivity index (χ3n) is 4.41. The minimum atomic E-state index is 0.146. The van der Waals surface area contributed by atoms with Crippen LogP contribution in [-0.4, -0.2) is 36.1 Å². The van der Waals surface area contributed by atoms with E-state index in [1.807, 2.05) is 11.9 Å². The van der Waals surface area contributed by atoms with Gasteiger partial charge in [0, 0.05) is 26.2 Å². The third-order valence-corrected chi connectivity index (χ3v) is 5.53. The lowest BCUT2D eigenvalue weighted by Crippen LogP contribution is -2.39. The normalized spacial score (nSPS) is 23.4. The highest BCUT2D eigenvalue weighted by Gasteiger charge is 2.33. The van der Waals surface area contributed by atoms with Crippen molar-refractivity contribution in [1.29, 1.82) is 0 Å². The molecule has 1 aromatic heterocycles. The molecule has 20 heavy (non-hydrogen) atoms. The molecule has 1 aromatic rings. The maximum Gasteiger partial charge on any atom is 0.226 e. The van der Waals surface area contributed by atoms with Crippen molar-refractivity contribution in [3.63, 3.8) is 0 Å². The highest BCUT2D eigenvalue weighted by atomic mass is 32.1. The Morgan fingerprint density at radius 1 is 1.35 bits per heavy atom. The van der Waals surface area contributed by atoms with Crippen LogP contribution in [0.3, 0.4) is 0 Å². The summed E-state index contributed by atoms with van der Waals surface area (Å²) >= 11 is 1.76. The molecule has 2 heterocycles. The van der Waals surface area contributed by atoms with Crippen molar-refractivity contribution in [3.8, 4) is 0 Å². The second-order valence-corrected chi connectivity index (χ2v) is 7.02. The number of aryl methyl sites for hydroxylation is 2. The number of thiazole rings is 1. The highest BCUT2D eigenvalue weighted by molar-refractivity contribution is 7.11. The van der Waals surface area contributed by atoms with Crippen molar-refractivity contribution >= 4 is 17.2 Å². The van der Waals surface area contributed by atoms with Gasteiger partial charge in [0.25, 0.3) is 0 Å². The molecule has 0 bridgehead atoms. The fourth-order valence-corrected chi connectivity index (χ4v) is 4.43. The SMILES string of the molecule is Cc1nc2c(s1)C(N(C)C(=O)C1CCOCC1)CCC2. The van der Waals surface area contributed by atoms with Crippen LogP contribution in [-0.2, 0) is 16.0 Å². The Hall–Kier alpha value is -0.940. The predicted molar refractivity (Wildman–Crippen MR) is 78.8 cm³/mol. The predicted octanol–water partition coefficient (Wildman–Crippen LogP) is 2.71. The van der Waals surface area contributed by atoms with Crippen LogP contribution in [0.2, 0.25) is 0 Å². The molecule has 0 radical (unpaired) electrons. The number of hydrogen-bond acceptors (Lipinski definition) is 4. The van der Waals surface area contributed by atoms with E-state index in [0.29, 0.717) is 0 Å². The van der Waals surface area contributed by atoms with Crippen LogP contribution in [0.25, 0.3) is 0 Å². The molecule has 0 N–H and O–H groups in total. The summed E-state index contributed by atoms with van der Waals surface area (Å²) in [5, 5.41) is 1.12. The Bertz CT molecular complexity index is 494. The molecule has 3 rings (SSSR count). The van der Waals surface area contributed by atoms with Gasteiger partial charge in [0.2, 0.25) is 5.91 Å². The zero-order valence-corrected chi connectivity index (χ0v) is 13.0. The number of fused-ring (bicyclic) bond motifs is 1. The molecule has 0 spiro atoms. The van der Waals surface area contributed by atoms with Crippen LogP contribution in [0, 0.1) is 12.8 Å². The van der Waals surface area contributed by atoms with E-state index in [9.17, 15) is 4.79 Å². The van der Waals surface area contributed by atoms with Gasteiger partial charge in [-0.3, -0.25) is 4.79 Å². The first-order chi connectivity index (χ1) is 9.66. The summed E-state index contributed by atoms with van der Waals surface area (Å²) in [6.07, 6.45) is 5.00. The van der Waals surface area contributed by atoms with Gasteiger partial charge < -0.3 is 9.64 Å². The van der Waals surface area contributed by atoms with E-state index in [0.717, 1.165) is 50.3 Å². The van der Waals surface area contributed by atoms with E-state index >= 15 is 0 Å². The average molecular weight is 294 g/mol. The maximum atomic E-state index is 12.7. The lowest BCUT2D eigenvalue weighted by Gasteiger charge is -2.34. The summed E-state index contributed by atoms with van der Waals surface area (Å²) in [5.74, 6) is 0.436. The van der Waals surface area contributed by atoms with E-state index in [2.05, 4.69) is 11.9 Å². The van der Waals surface area contributed by atoms with Crippen LogP contribution >= 0.6 is 11.3 Å². The maximum absolute atomic E-state index is 12.7. The molecule has 1 unspecified atom stereocenters. The number of carbonyl (C=O) groups is 1. The second kappa shape index (κ2) is 5.82. The van der Waals surface area contributed by atoms with E-state index < -0.39 is 0 Å². The standard InChI is InChI=1S/C15H22N2O2S/c1-10-16-12-4-3-5-13(14(12)20-10)17(2)15(18)11-6-8-19-9-7-11/h11,13H,3-9H2,1-2H3. The van der Waals surface area contributed by atoms with Crippen molar-refractivity contribution in [2.75, 3.05) is 20.3 Å². The largest absolute Gasteiger partial charge is 0.381 e. The quantitative estimate of drug-likeness (QED) is 0.842. The number of aromatic nitrogens is 1. The molecule has 1 aliphatic heterocycles. The number of nitrogens with zero attached hydrogens (tertiary/aromatic N) is 2. The summed E-state index contributed by atoms with van der Waals surface area (Å²) in [6.45, 7) is 3.50. The first-order valence-electron chi connectivity index (χ1n) is 7.47. The summed E-state index contributed by atoms with van der Waals surface area (Å²) in [7, 11) is 1.96. The number of amides is 1. The number of ether oxygens (including phenoxy) is 1. The Labute approximate surface area is 124 Å². The molecular formula is C15H22N2O2S. The smallest absolute Gasteiger partial charge is 0.226 e.